The zero-order chi connectivity index (χ0) is 12.5. The van der Waals surface area contributed by atoms with Crippen molar-refractivity contribution in [3.05, 3.63) is 49.6 Å². The molecule has 0 radical (unpaired) electrons. The van der Waals surface area contributed by atoms with E-state index in [0.29, 0.717) is 6.04 Å². The van der Waals surface area contributed by atoms with Crippen LogP contribution in [0.4, 0.5) is 5.69 Å². The molecule has 0 amide bonds. The van der Waals surface area contributed by atoms with Crippen molar-refractivity contribution in [2.75, 3.05) is 5.32 Å². The summed E-state index contributed by atoms with van der Waals surface area (Å²) < 4.78 is 2.01. The third-order valence-corrected chi connectivity index (χ3v) is 5.08. The van der Waals surface area contributed by atoms with Gasteiger partial charge in [0.15, 0.2) is 0 Å². The molecule has 1 aromatic carbocycles. The maximum absolute atomic E-state index is 6.13. The Balaban J connectivity index is 1.86. The Bertz CT molecular complexity index is 567. The van der Waals surface area contributed by atoms with Crippen molar-refractivity contribution in [2.45, 2.75) is 25.3 Å². The molecule has 1 aliphatic rings. The van der Waals surface area contributed by atoms with E-state index >= 15 is 0 Å². The molecule has 0 saturated carbocycles. The summed E-state index contributed by atoms with van der Waals surface area (Å²) in [5.41, 5.74) is 2.54. The van der Waals surface area contributed by atoms with E-state index in [2.05, 4.69) is 45.5 Å². The Morgan fingerprint density at radius 3 is 3.06 bits per heavy atom. The van der Waals surface area contributed by atoms with E-state index in [0.717, 1.165) is 14.5 Å². The highest BCUT2D eigenvalue weighted by Crippen LogP contribution is 2.39. The van der Waals surface area contributed by atoms with Crippen molar-refractivity contribution in [2.24, 2.45) is 0 Å². The van der Waals surface area contributed by atoms with Gasteiger partial charge in [-0.15, -0.1) is 11.3 Å². The normalized spacial score (nSPS) is 18.4. The molecule has 1 N–H and O–H groups in total. The molecule has 0 saturated heterocycles. The minimum atomic E-state index is 0.395. The summed E-state index contributed by atoms with van der Waals surface area (Å²) in [5, 5.41) is 3.61. The van der Waals surface area contributed by atoms with Crippen molar-refractivity contribution < 1.29 is 0 Å². The van der Waals surface area contributed by atoms with Gasteiger partial charge in [-0.2, -0.15) is 0 Å². The molecule has 2 aromatic rings. The second kappa shape index (κ2) is 5.24. The average Bonchev–Trinajstić information content (AvgIpc) is 2.71. The fourth-order valence-electron chi connectivity index (χ4n) is 2.45. The van der Waals surface area contributed by atoms with Crippen LogP contribution in [0.1, 0.15) is 29.3 Å². The molecule has 1 atom stereocenters. The van der Waals surface area contributed by atoms with E-state index in [1.165, 1.54) is 29.7 Å². The van der Waals surface area contributed by atoms with E-state index in [4.69, 9.17) is 11.6 Å². The summed E-state index contributed by atoms with van der Waals surface area (Å²) in [7, 11) is 0. The third-order valence-electron chi connectivity index (χ3n) is 3.25. The van der Waals surface area contributed by atoms with Crippen LogP contribution in [0, 0.1) is 0 Å². The maximum Gasteiger partial charge on any atom is 0.0934 e. The molecule has 1 nitrogen and oxygen atoms in total. The lowest BCUT2D eigenvalue weighted by atomic mass is 9.94. The standard InChI is InChI=1S/C14H13BrClNS/c15-9-3-1-4-10(7-9)17-12-5-2-6-13-11(12)8-14(16)18-13/h1,3-4,7-8,12,17H,2,5-6H2. The van der Waals surface area contributed by atoms with Gasteiger partial charge in [0.1, 0.15) is 0 Å². The van der Waals surface area contributed by atoms with Crippen LogP contribution in [0.3, 0.4) is 0 Å². The highest BCUT2D eigenvalue weighted by molar-refractivity contribution is 9.10. The molecule has 0 bridgehead atoms. The topological polar surface area (TPSA) is 12.0 Å². The number of hydrogen-bond acceptors (Lipinski definition) is 2. The fraction of sp³-hybridized carbons (Fsp3) is 0.286. The van der Waals surface area contributed by atoms with Gasteiger partial charge in [0.05, 0.1) is 10.4 Å². The van der Waals surface area contributed by atoms with Crippen molar-refractivity contribution >= 4 is 44.6 Å². The Hall–Kier alpha value is -0.510. The first kappa shape index (κ1) is 12.5. The monoisotopic (exact) mass is 341 g/mol. The number of benzene rings is 1. The molecule has 0 aliphatic heterocycles. The molecule has 4 heteroatoms. The van der Waals surface area contributed by atoms with E-state index < -0.39 is 0 Å². The van der Waals surface area contributed by atoms with Crippen LogP contribution in [-0.2, 0) is 6.42 Å². The number of nitrogens with one attached hydrogen (secondary N) is 1. The summed E-state index contributed by atoms with van der Waals surface area (Å²) in [6.07, 6.45) is 3.57. The van der Waals surface area contributed by atoms with Crippen LogP contribution in [0.25, 0.3) is 0 Å². The summed E-state index contributed by atoms with van der Waals surface area (Å²) in [6.45, 7) is 0. The third kappa shape index (κ3) is 2.58. The van der Waals surface area contributed by atoms with Gasteiger partial charge >= 0.3 is 0 Å². The highest BCUT2D eigenvalue weighted by atomic mass is 79.9. The van der Waals surface area contributed by atoms with E-state index in [1.807, 2.05) is 6.07 Å². The first-order chi connectivity index (χ1) is 8.72. The Morgan fingerprint density at radius 2 is 2.22 bits per heavy atom. The smallest absolute Gasteiger partial charge is 0.0934 e. The van der Waals surface area contributed by atoms with Gasteiger partial charge < -0.3 is 5.32 Å². The summed E-state index contributed by atoms with van der Waals surface area (Å²) in [4.78, 5) is 1.44. The van der Waals surface area contributed by atoms with Gasteiger partial charge in [-0.3, -0.25) is 0 Å². The van der Waals surface area contributed by atoms with Crippen LogP contribution >= 0.6 is 38.9 Å². The number of anilines is 1. The molecule has 0 spiro atoms. The van der Waals surface area contributed by atoms with Crippen molar-refractivity contribution in [3.63, 3.8) is 0 Å². The Morgan fingerprint density at radius 1 is 1.33 bits per heavy atom. The van der Waals surface area contributed by atoms with Crippen molar-refractivity contribution in [3.8, 4) is 0 Å². The molecule has 3 rings (SSSR count). The van der Waals surface area contributed by atoms with Gasteiger partial charge in [-0.25, -0.2) is 0 Å². The first-order valence-electron chi connectivity index (χ1n) is 6.02. The molecule has 1 aromatic heterocycles. The summed E-state index contributed by atoms with van der Waals surface area (Å²) in [6, 6.07) is 10.8. The van der Waals surface area contributed by atoms with Crippen molar-refractivity contribution in [1.29, 1.82) is 0 Å². The Labute approximate surface area is 124 Å². The van der Waals surface area contributed by atoms with Gasteiger partial charge in [0.25, 0.3) is 0 Å². The highest BCUT2D eigenvalue weighted by Gasteiger charge is 2.22. The molecule has 1 unspecified atom stereocenters. The summed E-state index contributed by atoms with van der Waals surface area (Å²) in [5.74, 6) is 0. The second-order valence-corrected chi connectivity index (χ2v) is 7.21. The predicted molar refractivity (Wildman–Crippen MR) is 82.8 cm³/mol. The summed E-state index contributed by atoms with van der Waals surface area (Å²) >= 11 is 11.4. The zero-order valence-corrected chi connectivity index (χ0v) is 12.9. The van der Waals surface area contributed by atoms with Crippen LogP contribution in [0.5, 0.6) is 0 Å². The minimum absolute atomic E-state index is 0.395. The fourth-order valence-corrected chi connectivity index (χ4v) is 4.23. The number of thiophene rings is 1. The molecule has 1 aliphatic carbocycles. The molecule has 94 valence electrons. The molecule has 18 heavy (non-hydrogen) atoms. The molecule has 1 heterocycles. The lowest BCUT2D eigenvalue weighted by molar-refractivity contribution is 0.609. The number of halogens is 2. The van der Waals surface area contributed by atoms with Crippen LogP contribution in [0.15, 0.2) is 34.8 Å². The first-order valence-corrected chi connectivity index (χ1v) is 8.01. The van der Waals surface area contributed by atoms with E-state index in [9.17, 15) is 0 Å². The molecular weight excluding hydrogens is 330 g/mol. The molecule has 0 fully saturated rings. The lowest BCUT2D eigenvalue weighted by Gasteiger charge is -2.24. The van der Waals surface area contributed by atoms with Crippen LogP contribution in [-0.4, -0.2) is 0 Å². The van der Waals surface area contributed by atoms with Crippen LogP contribution in [0.2, 0.25) is 4.34 Å². The van der Waals surface area contributed by atoms with E-state index in [-0.39, 0.29) is 0 Å². The average molecular weight is 343 g/mol. The van der Waals surface area contributed by atoms with Crippen molar-refractivity contribution in [1.82, 2.24) is 0 Å². The number of fused-ring (bicyclic) bond motifs is 1. The van der Waals surface area contributed by atoms with Gasteiger partial charge in [0, 0.05) is 15.0 Å². The lowest BCUT2D eigenvalue weighted by Crippen LogP contribution is -2.15. The number of aryl methyl sites for hydroxylation is 1. The van der Waals surface area contributed by atoms with Gasteiger partial charge in [-0.1, -0.05) is 33.6 Å². The maximum atomic E-state index is 6.13. The minimum Gasteiger partial charge on any atom is -0.378 e. The van der Waals surface area contributed by atoms with Gasteiger partial charge in [-0.05, 0) is 49.1 Å². The number of rotatable bonds is 2. The quantitative estimate of drug-likeness (QED) is 0.743. The molecular formula is C14H13BrClNS. The van der Waals surface area contributed by atoms with Gasteiger partial charge in [0.2, 0.25) is 0 Å². The predicted octanol–water partition coefficient (Wildman–Crippen LogP) is 5.65. The number of hydrogen-bond donors (Lipinski definition) is 1. The largest absolute Gasteiger partial charge is 0.378 e. The Kier molecular flexibility index (Phi) is 3.64. The van der Waals surface area contributed by atoms with Crippen LogP contribution < -0.4 is 5.32 Å². The zero-order valence-electron chi connectivity index (χ0n) is 9.75. The SMILES string of the molecule is Clc1cc2c(s1)CCCC2Nc1cccc(Br)c1. The van der Waals surface area contributed by atoms with E-state index in [1.54, 1.807) is 11.3 Å². The second-order valence-electron chi connectivity index (χ2n) is 4.53.